The van der Waals surface area contributed by atoms with Gasteiger partial charge in [0.05, 0.1) is 12.9 Å². The summed E-state index contributed by atoms with van der Waals surface area (Å²) in [6, 6.07) is 8.00. The lowest BCUT2D eigenvalue weighted by Gasteiger charge is -2.02. The monoisotopic (exact) mass is 383 g/mol. The number of nitrogens with zero attached hydrogens (tertiary/aromatic N) is 2. The molecule has 1 amide bonds. The first-order chi connectivity index (χ1) is 11.7. The van der Waals surface area contributed by atoms with Crippen molar-refractivity contribution in [2.75, 3.05) is 19.4 Å². The molecule has 5 nitrogen and oxygen atoms in total. The van der Waals surface area contributed by atoms with E-state index in [1.807, 2.05) is 24.3 Å². The minimum Gasteiger partial charge on any atom is -0.497 e. The zero-order valence-electron chi connectivity index (χ0n) is 13.8. The Morgan fingerprint density at radius 3 is 2.58 bits per heavy atom. The average molecular weight is 384 g/mol. The van der Waals surface area contributed by atoms with Gasteiger partial charge in [0.2, 0.25) is 5.91 Å². The van der Waals surface area contributed by atoms with Crippen molar-refractivity contribution in [2.45, 2.75) is 34.2 Å². The molecule has 0 aliphatic carbocycles. The van der Waals surface area contributed by atoms with Crippen LogP contribution in [0.2, 0.25) is 0 Å². The standard InChI is InChI=1S/C16H21N3O2S3/c1-3-4-9-17-14(20)11-23-16-19-18-15(24-16)22-10-12-5-7-13(21-2)8-6-12/h5-8H,3-4,9-11H2,1-2H3,(H,17,20). The molecular formula is C16H21N3O2S3. The van der Waals surface area contributed by atoms with Gasteiger partial charge in [0.25, 0.3) is 0 Å². The highest BCUT2D eigenvalue weighted by Gasteiger charge is 2.08. The maximum absolute atomic E-state index is 11.7. The lowest BCUT2D eigenvalue weighted by atomic mass is 10.2. The molecule has 0 aliphatic rings. The fourth-order valence-corrected chi connectivity index (χ4v) is 4.57. The Balaban J connectivity index is 1.73. The molecule has 0 radical (unpaired) electrons. The molecule has 0 unspecified atom stereocenters. The number of amides is 1. The third kappa shape index (κ3) is 6.70. The molecule has 0 aliphatic heterocycles. The number of benzene rings is 1. The number of thioether (sulfide) groups is 2. The minimum absolute atomic E-state index is 0.0519. The van der Waals surface area contributed by atoms with Gasteiger partial charge in [-0.15, -0.1) is 10.2 Å². The fourth-order valence-electron chi connectivity index (χ4n) is 1.76. The van der Waals surface area contributed by atoms with Crippen LogP contribution in [-0.2, 0) is 10.5 Å². The van der Waals surface area contributed by atoms with E-state index in [0.717, 1.165) is 39.6 Å². The van der Waals surface area contributed by atoms with Gasteiger partial charge in [-0.05, 0) is 24.1 Å². The van der Waals surface area contributed by atoms with Crippen LogP contribution in [0.3, 0.4) is 0 Å². The summed E-state index contributed by atoms with van der Waals surface area (Å²) in [5, 5.41) is 11.2. The van der Waals surface area contributed by atoms with Crippen LogP contribution in [-0.4, -0.2) is 35.5 Å². The second-order valence-electron chi connectivity index (χ2n) is 4.96. The van der Waals surface area contributed by atoms with Crippen LogP contribution in [0.4, 0.5) is 0 Å². The molecule has 8 heteroatoms. The van der Waals surface area contributed by atoms with Crippen molar-refractivity contribution in [3.05, 3.63) is 29.8 Å². The largest absolute Gasteiger partial charge is 0.497 e. The van der Waals surface area contributed by atoms with E-state index in [0.29, 0.717) is 5.75 Å². The summed E-state index contributed by atoms with van der Waals surface area (Å²) in [7, 11) is 1.66. The van der Waals surface area contributed by atoms with Crippen molar-refractivity contribution in [1.29, 1.82) is 0 Å². The zero-order chi connectivity index (χ0) is 17.2. The number of ether oxygens (including phenoxy) is 1. The number of carbonyl (C=O) groups excluding carboxylic acids is 1. The molecule has 1 aromatic heterocycles. The van der Waals surface area contributed by atoms with E-state index in [9.17, 15) is 4.79 Å². The predicted octanol–water partition coefficient (Wildman–Crippen LogP) is 3.85. The van der Waals surface area contributed by atoms with Gasteiger partial charge in [-0.1, -0.05) is 60.3 Å². The molecule has 2 rings (SSSR count). The van der Waals surface area contributed by atoms with Crippen LogP contribution in [0.5, 0.6) is 5.75 Å². The average Bonchev–Trinajstić information content (AvgIpc) is 3.07. The summed E-state index contributed by atoms with van der Waals surface area (Å²) in [5.41, 5.74) is 1.21. The Kier molecular flexibility index (Phi) is 8.41. The third-order valence-corrected chi connectivity index (χ3v) is 6.35. The quantitative estimate of drug-likeness (QED) is 0.497. The Hall–Kier alpha value is -1.25. The highest BCUT2D eigenvalue weighted by atomic mass is 32.2. The highest BCUT2D eigenvalue weighted by molar-refractivity contribution is 8.03. The summed E-state index contributed by atoms with van der Waals surface area (Å²) >= 11 is 4.62. The number of hydrogen-bond donors (Lipinski definition) is 1. The Labute approximate surface area is 155 Å². The maximum Gasteiger partial charge on any atom is 0.230 e. The molecule has 0 spiro atoms. The Morgan fingerprint density at radius 1 is 1.21 bits per heavy atom. The molecule has 130 valence electrons. The van der Waals surface area contributed by atoms with E-state index in [2.05, 4.69) is 22.4 Å². The minimum atomic E-state index is 0.0519. The van der Waals surface area contributed by atoms with Gasteiger partial charge in [0, 0.05) is 12.3 Å². The van der Waals surface area contributed by atoms with Gasteiger partial charge in [0.15, 0.2) is 8.68 Å². The van der Waals surface area contributed by atoms with Crippen LogP contribution in [0.1, 0.15) is 25.3 Å². The number of aromatic nitrogens is 2. The molecule has 0 fully saturated rings. The van der Waals surface area contributed by atoms with Gasteiger partial charge in [-0.25, -0.2) is 0 Å². The molecule has 24 heavy (non-hydrogen) atoms. The van der Waals surface area contributed by atoms with E-state index < -0.39 is 0 Å². The summed E-state index contributed by atoms with van der Waals surface area (Å²) in [6.07, 6.45) is 2.10. The normalized spacial score (nSPS) is 10.6. The first-order valence-electron chi connectivity index (χ1n) is 7.70. The second-order valence-corrected chi connectivity index (χ2v) is 8.39. The van der Waals surface area contributed by atoms with Crippen molar-refractivity contribution < 1.29 is 9.53 Å². The van der Waals surface area contributed by atoms with Crippen molar-refractivity contribution in [2.24, 2.45) is 0 Å². The zero-order valence-corrected chi connectivity index (χ0v) is 16.2. The van der Waals surface area contributed by atoms with Gasteiger partial charge >= 0.3 is 0 Å². The van der Waals surface area contributed by atoms with Gasteiger partial charge < -0.3 is 10.1 Å². The first-order valence-corrected chi connectivity index (χ1v) is 10.5. The van der Waals surface area contributed by atoms with E-state index in [1.165, 1.54) is 28.7 Å². The third-order valence-electron chi connectivity index (χ3n) is 3.09. The summed E-state index contributed by atoms with van der Waals surface area (Å²) < 4.78 is 6.90. The molecular weight excluding hydrogens is 362 g/mol. The van der Waals surface area contributed by atoms with Crippen LogP contribution in [0, 0.1) is 0 Å². The molecule has 0 bridgehead atoms. The Morgan fingerprint density at radius 2 is 1.92 bits per heavy atom. The smallest absolute Gasteiger partial charge is 0.230 e. The van der Waals surface area contributed by atoms with E-state index in [1.54, 1.807) is 18.9 Å². The molecule has 0 saturated carbocycles. The lowest BCUT2D eigenvalue weighted by molar-refractivity contribution is -0.118. The lowest BCUT2D eigenvalue weighted by Crippen LogP contribution is -2.25. The number of unbranched alkanes of at least 4 members (excludes halogenated alkanes) is 1. The fraction of sp³-hybridized carbons (Fsp3) is 0.438. The predicted molar refractivity (Wildman–Crippen MR) is 101 cm³/mol. The molecule has 0 atom stereocenters. The van der Waals surface area contributed by atoms with Crippen molar-refractivity contribution >= 4 is 40.8 Å². The van der Waals surface area contributed by atoms with Crippen LogP contribution < -0.4 is 10.1 Å². The number of carbonyl (C=O) groups is 1. The second kappa shape index (κ2) is 10.6. The van der Waals surface area contributed by atoms with Gasteiger partial charge in [-0.2, -0.15) is 0 Å². The molecule has 1 aromatic carbocycles. The number of methoxy groups -OCH3 is 1. The SMILES string of the molecule is CCCCNC(=O)CSc1nnc(SCc2ccc(OC)cc2)s1. The van der Waals surface area contributed by atoms with E-state index in [4.69, 9.17) is 4.74 Å². The summed E-state index contributed by atoms with van der Waals surface area (Å²) in [4.78, 5) is 11.7. The molecule has 1 heterocycles. The van der Waals surface area contributed by atoms with Crippen molar-refractivity contribution in [3.63, 3.8) is 0 Å². The van der Waals surface area contributed by atoms with E-state index in [-0.39, 0.29) is 5.91 Å². The summed E-state index contributed by atoms with van der Waals surface area (Å²) in [5.74, 6) is 2.13. The maximum atomic E-state index is 11.7. The number of rotatable bonds is 10. The molecule has 2 aromatic rings. The van der Waals surface area contributed by atoms with Crippen LogP contribution in [0.25, 0.3) is 0 Å². The van der Waals surface area contributed by atoms with Crippen molar-refractivity contribution in [1.82, 2.24) is 15.5 Å². The molecule has 1 N–H and O–H groups in total. The Bertz CT molecular complexity index is 632. The number of nitrogens with one attached hydrogen (secondary N) is 1. The van der Waals surface area contributed by atoms with Crippen LogP contribution >= 0.6 is 34.9 Å². The van der Waals surface area contributed by atoms with Crippen LogP contribution in [0.15, 0.2) is 32.9 Å². The summed E-state index contributed by atoms with van der Waals surface area (Å²) in [6.45, 7) is 2.85. The first kappa shape index (κ1) is 19.1. The van der Waals surface area contributed by atoms with Gasteiger partial charge in [0.1, 0.15) is 5.75 Å². The van der Waals surface area contributed by atoms with Crippen molar-refractivity contribution in [3.8, 4) is 5.75 Å². The number of hydrogen-bond acceptors (Lipinski definition) is 7. The van der Waals surface area contributed by atoms with Gasteiger partial charge in [-0.3, -0.25) is 4.79 Å². The highest BCUT2D eigenvalue weighted by Crippen LogP contribution is 2.30. The van der Waals surface area contributed by atoms with E-state index >= 15 is 0 Å². The molecule has 0 saturated heterocycles. The topological polar surface area (TPSA) is 64.1 Å².